The van der Waals surface area contributed by atoms with Crippen molar-refractivity contribution in [2.24, 2.45) is 0 Å². The Labute approximate surface area is 263 Å². The zero-order valence-corrected chi connectivity index (χ0v) is 25.1. The molecule has 0 bridgehead atoms. The monoisotopic (exact) mass is 642 g/mol. The number of carbonyl (C=O) groups excluding carboxylic acids is 3. The van der Waals surface area contributed by atoms with Gasteiger partial charge in [-0.2, -0.15) is 0 Å². The number of nitrogens with one attached hydrogen (secondary N) is 2. The summed E-state index contributed by atoms with van der Waals surface area (Å²) in [6.45, 7) is -0.331. The molecule has 0 aliphatic heterocycles. The predicted molar refractivity (Wildman–Crippen MR) is 163 cm³/mol. The highest BCUT2D eigenvalue weighted by atomic mass is 35.5. The van der Waals surface area contributed by atoms with E-state index in [9.17, 15) is 18.8 Å². The lowest BCUT2D eigenvalue weighted by Gasteiger charge is -2.28. The first-order chi connectivity index (χ1) is 21.2. The van der Waals surface area contributed by atoms with Crippen LogP contribution in [0.4, 0.5) is 19.9 Å². The number of ether oxygens (including phenoxy) is 2. The van der Waals surface area contributed by atoms with Gasteiger partial charge in [0.1, 0.15) is 24.7 Å². The molecule has 3 aromatic carbocycles. The normalized spacial score (nSPS) is 11.4. The van der Waals surface area contributed by atoms with Gasteiger partial charge in [0.2, 0.25) is 11.8 Å². The lowest BCUT2D eigenvalue weighted by atomic mass is 10.1. The van der Waals surface area contributed by atoms with Gasteiger partial charge in [0.05, 0.1) is 11.1 Å². The van der Waals surface area contributed by atoms with Gasteiger partial charge in [0, 0.05) is 36.7 Å². The van der Waals surface area contributed by atoms with Gasteiger partial charge in [0.25, 0.3) is 0 Å². The predicted octanol–water partition coefficient (Wildman–Crippen LogP) is 6.72. The summed E-state index contributed by atoms with van der Waals surface area (Å²) in [5, 5.41) is 9.43. The van der Waals surface area contributed by atoms with E-state index in [1.54, 1.807) is 30.3 Å². The highest BCUT2D eigenvalue weighted by Gasteiger charge is 2.24. The fraction of sp³-hybridized carbons (Fsp3) is 0.226. The van der Waals surface area contributed by atoms with Gasteiger partial charge >= 0.3 is 12.2 Å². The van der Waals surface area contributed by atoms with Crippen LogP contribution in [0.25, 0.3) is 11.3 Å². The molecule has 0 radical (unpaired) electrons. The quantitative estimate of drug-likeness (QED) is 0.176. The van der Waals surface area contributed by atoms with Crippen LogP contribution < -0.4 is 10.6 Å². The summed E-state index contributed by atoms with van der Waals surface area (Å²) < 4.78 is 29.6. The maximum Gasteiger partial charge on any atom is 0.414 e. The Bertz CT molecular complexity index is 1590. The molecule has 1 heterocycles. The molecule has 0 saturated carbocycles. The Morgan fingerprint density at radius 2 is 1.75 bits per heavy atom. The SMILES string of the molecule is CN(C(=O)CCc1cccc(F)c1Cl)[C@@H](CNC(=O)OCc1ccccc1)COC(=O)Nc1cc(-c2cccc(Cl)c2)no1. The van der Waals surface area contributed by atoms with Gasteiger partial charge in [-0.25, -0.2) is 14.0 Å². The zero-order chi connectivity index (χ0) is 31.5. The van der Waals surface area contributed by atoms with Crippen molar-refractivity contribution in [3.05, 3.63) is 106 Å². The fourth-order valence-electron chi connectivity index (χ4n) is 4.07. The number of nitrogens with zero attached hydrogens (tertiary/aromatic N) is 2. The van der Waals surface area contributed by atoms with Crippen LogP contribution in [0, 0.1) is 5.82 Å². The standard InChI is InChI=1S/C31H29Cl2FN4O6/c1-38(28(39)14-13-21-9-6-12-25(34)29(21)33)24(17-35-30(40)42-18-20-7-3-2-4-8-20)19-43-31(41)36-27-16-26(37-44-27)22-10-5-11-23(32)15-22/h2-12,15-16,24H,13-14,17-19H2,1H3,(H,35,40)(H,36,41)/t24-/m0/s1. The number of amides is 3. The molecule has 0 saturated heterocycles. The lowest BCUT2D eigenvalue weighted by molar-refractivity contribution is -0.132. The maximum atomic E-state index is 13.8. The van der Waals surface area contributed by atoms with Crippen LogP contribution in [0.1, 0.15) is 17.5 Å². The number of anilines is 1. The summed E-state index contributed by atoms with van der Waals surface area (Å²) >= 11 is 12.1. The van der Waals surface area contributed by atoms with Crippen LogP contribution in [0.15, 0.2) is 83.4 Å². The number of carbonyl (C=O) groups is 3. The maximum absolute atomic E-state index is 13.8. The summed E-state index contributed by atoms with van der Waals surface area (Å²) in [6, 6.07) is 21.2. The lowest BCUT2D eigenvalue weighted by Crippen LogP contribution is -2.48. The van der Waals surface area contributed by atoms with Gasteiger partial charge in [0.15, 0.2) is 0 Å². The molecule has 0 fully saturated rings. The smallest absolute Gasteiger partial charge is 0.414 e. The van der Waals surface area contributed by atoms with Gasteiger partial charge in [-0.15, -0.1) is 0 Å². The van der Waals surface area contributed by atoms with E-state index in [0.29, 0.717) is 21.8 Å². The summed E-state index contributed by atoms with van der Waals surface area (Å²) in [6.07, 6.45) is -1.42. The second-order valence-corrected chi connectivity index (χ2v) is 10.4. The van der Waals surface area contributed by atoms with E-state index >= 15 is 0 Å². The first kappa shape index (κ1) is 32.3. The number of hydrogen-bond donors (Lipinski definition) is 2. The molecule has 3 amide bonds. The topological polar surface area (TPSA) is 123 Å². The summed E-state index contributed by atoms with van der Waals surface area (Å²) in [4.78, 5) is 39.4. The third kappa shape index (κ3) is 9.45. The van der Waals surface area contributed by atoms with Crippen molar-refractivity contribution in [3.8, 4) is 11.3 Å². The van der Waals surface area contributed by atoms with Crippen molar-refractivity contribution in [3.63, 3.8) is 0 Å². The Morgan fingerprint density at radius 3 is 2.52 bits per heavy atom. The molecule has 0 aliphatic carbocycles. The van der Waals surface area contributed by atoms with Crippen molar-refractivity contribution in [2.75, 3.05) is 25.5 Å². The van der Waals surface area contributed by atoms with Crippen molar-refractivity contribution in [2.45, 2.75) is 25.5 Å². The molecule has 44 heavy (non-hydrogen) atoms. The van der Waals surface area contributed by atoms with Crippen LogP contribution in [0.5, 0.6) is 0 Å². The average molecular weight is 643 g/mol. The molecule has 1 aromatic heterocycles. The van der Waals surface area contributed by atoms with Gasteiger partial charge in [-0.05, 0) is 35.7 Å². The van der Waals surface area contributed by atoms with Crippen LogP contribution >= 0.6 is 23.2 Å². The van der Waals surface area contributed by atoms with E-state index < -0.39 is 24.0 Å². The molecule has 0 spiro atoms. The number of benzene rings is 3. The molecule has 2 N–H and O–H groups in total. The molecule has 230 valence electrons. The van der Waals surface area contributed by atoms with Crippen molar-refractivity contribution in [1.82, 2.24) is 15.4 Å². The van der Waals surface area contributed by atoms with Crippen molar-refractivity contribution >= 4 is 47.2 Å². The van der Waals surface area contributed by atoms with E-state index in [4.69, 9.17) is 37.2 Å². The Balaban J connectivity index is 1.35. The van der Waals surface area contributed by atoms with E-state index in [1.165, 1.54) is 30.1 Å². The van der Waals surface area contributed by atoms with Crippen LogP contribution in [-0.2, 0) is 27.3 Å². The van der Waals surface area contributed by atoms with Crippen LogP contribution in [-0.4, -0.2) is 54.4 Å². The Hall–Kier alpha value is -4.61. The minimum absolute atomic E-state index is 0.00876. The van der Waals surface area contributed by atoms with Crippen LogP contribution in [0.3, 0.4) is 0 Å². The third-order valence-electron chi connectivity index (χ3n) is 6.54. The number of aryl methyl sites for hydroxylation is 1. The highest BCUT2D eigenvalue weighted by molar-refractivity contribution is 6.31. The van der Waals surface area contributed by atoms with Crippen LogP contribution in [0.2, 0.25) is 10.0 Å². The van der Waals surface area contributed by atoms with E-state index in [-0.39, 0.29) is 49.4 Å². The van der Waals surface area contributed by atoms with Crippen molar-refractivity contribution in [1.29, 1.82) is 0 Å². The minimum atomic E-state index is -0.872. The average Bonchev–Trinajstić information content (AvgIpc) is 3.49. The largest absolute Gasteiger partial charge is 0.447 e. The molecular formula is C31H29Cl2FN4O6. The van der Waals surface area contributed by atoms with E-state index in [1.807, 2.05) is 30.3 Å². The number of hydrogen-bond acceptors (Lipinski definition) is 7. The Morgan fingerprint density at radius 1 is 0.977 bits per heavy atom. The summed E-state index contributed by atoms with van der Waals surface area (Å²) in [7, 11) is 1.51. The number of likely N-dealkylation sites (N-methyl/N-ethyl adjacent to an activating group) is 1. The Kier molecular flexibility index (Phi) is 11.6. The van der Waals surface area contributed by atoms with E-state index in [0.717, 1.165) is 5.56 Å². The number of halogens is 3. The second kappa shape index (κ2) is 15.7. The number of alkyl carbamates (subject to hydrolysis) is 1. The molecule has 4 rings (SSSR count). The van der Waals surface area contributed by atoms with Gasteiger partial charge < -0.3 is 24.2 Å². The fourth-order valence-corrected chi connectivity index (χ4v) is 4.48. The minimum Gasteiger partial charge on any atom is -0.447 e. The first-order valence-corrected chi connectivity index (χ1v) is 14.2. The van der Waals surface area contributed by atoms with Gasteiger partial charge in [-0.3, -0.25) is 10.1 Å². The van der Waals surface area contributed by atoms with Crippen molar-refractivity contribution < 1.29 is 32.8 Å². The first-order valence-electron chi connectivity index (χ1n) is 13.5. The number of aromatic nitrogens is 1. The highest BCUT2D eigenvalue weighted by Crippen LogP contribution is 2.24. The zero-order valence-electron chi connectivity index (χ0n) is 23.6. The molecule has 0 unspecified atom stereocenters. The molecule has 4 aromatic rings. The molecule has 0 aliphatic rings. The molecular weight excluding hydrogens is 614 g/mol. The van der Waals surface area contributed by atoms with Gasteiger partial charge in [-0.1, -0.05) is 83.0 Å². The second-order valence-electron chi connectivity index (χ2n) is 9.62. The summed E-state index contributed by atoms with van der Waals surface area (Å²) in [5.41, 5.74) is 2.41. The molecule has 10 nitrogen and oxygen atoms in total. The third-order valence-corrected chi connectivity index (χ3v) is 7.20. The molecule has 1 atom stereocenters. The van der Waals surface area contributed by atoms with E-state index in [2.05, 4.69) is 15.8 Å². The number of rotatable bonds is 12. The summed E-state index contributed by atoms with van der Waals surface area (Å²) in [5.74, 6) is -0.896. The molecule has 13 heteroatoms.